The molecule has 8 rings (SSSR count). The number of carbonyl (C=O) groups is 2. The van der Waals surface area contributed by atoms with Crippen molar-refractivity contribution >= 4 is 22.7 Å². The van der Waals surface area contributed by atoms with Crippen LogP contribution in [-0.4, -0.2) is 79.1 Å². The topological polar surface area (TPSA) is 168 Å². The summed E-state index contributed by atoms with van der Waals surface area (Å²) in [6, 6.07) is 9.33. The van der Waals surface area contributed by atoms with Gasteiger partial charge in [-0.3, -0.25) is 23.6 Å². The summed E-state index contributed by atoms with van der Waals surface area (Å²) in [6.45, 7) is 3.11. The third-order valence-electron chi connectivity index (χ3n) is 10.3. The number of nitrogens with one attached hydrogen (secondary N) is 2. The highest BCUT2D eigenvalue weighted by atomic mass is 19.4. The highest BCUT2D eigenvalue weighted by Crippen LogP contribution is 2.57. The molecule has 18 heteroatoms. The molecule has 5 heterocycles. The number of nitrogens with zero attached hydrogens (tertiary/aromatic N) is 10. The molecular weight excluding hydrogens is 708 g/mol. The number of H-pyrrole nitrogens is 1. The van der Waals surface area contributed by atoms with Gasteiger partial charge in [-0.15, -0.1) is 0 Å². The number of rotatable bonds is 8. The van der Waals surface area contributed by atoms with Crippen molar-refractivity contribution in [2.45, 2.75) is 56.4 Å². The van der Waals surface area contributed by atoms with Crippen LogP contribution in [0.3, 0.4) is 0 Å². The van der Waals surface area contributed by atoms with Crippen molar-refractivity contribution < 1.29 is 27.2 Å². The molecule has 0 saturated heterocycles. The van der Waals surface area contributed by atoms with Crippen molar-refractivity contribution in [1.82, 2.24) is 55.0 Å². The van der Waals surface area contributed by atoms with Crippen LogP contribution in [0.2, 0.25) is 0 Å². The Hall–Kier alpha value is -6.38. The minimum atomic E-state index is -4.74. The van der Waals surface area contributed by atoms with Gasteiger partial charge in [0.15, 0.2) is 5.69 Å². The molecule has 0 bridgehead atoms. The summed E-state index contributed by atoms with van der Waals surface area (Å²) >= 11 is 0. The second-order valence-electron chi connectivity index (χ2n) is 14.4. The normalized spacial score (nSPS) is 18.5. The number of carbonyl (C=O) groups excluding carboxylic acids is 2. The van der Waals surface area contributed by atoms with Crippen LogP contribution in [-0.2, 0) is 38.0 Å². The molecule has 4 aromatic heterocycles. The zero-order valence-corrected chi connectivity index (χ0v) is 29.4. The van der Waals surface area contributed by atoms with Crippen molar-refractivity contribution in [3.05, 3.63) is 88.9 Å². The largest absolute Gasteiger partial charge is 0.435 e. The fraction of sp³-hybridized carbons (Fsp3) is 0.333. The van der Waals surface area contributed by atoms with Gasteiger partial charge in [-0.25, -0.2) is 4.39 Å². The van der Waals surface area contributed by atoms with Crippen LogP contribution in [0, 0.1) is 17.1 Å². The maximum atomic E-state index is 15.9. The zero-order chi connectivity index (χ0) is 38.3. The van der Waals surface area contributed by atoms with Gasteiger partial charge in [0.05, 0.1) is 59.1 Å². The Balaban J connectivity index is 1.15. The molecule has 1 fully saturated rings. The van der Waals surface area contributed by atoms with Gasteiger partial charge >= 0.3 is 6.18 Å². The lowest BCUT2D eigenvalue weighted by Crippen LogP contribution is -2.59. The molecule has 14 nitrogen and oxygen atoms in total. The van der Waals surface area contributed by atoms with Gasteiger partial charge in [-0.1, -0.05) is 6.07 Å². The van der Waals surface area contributed by atoms with Crippen LogP contribution < -0.4 is 5.32 Å². The van der Waals surface area contributed by atoms with Crippen LogP contribution >= 0.6 is 0 Å². The summed E-state index contributed by atoms with van der Waals surface area (Å²) in [5.74, 6) is -2.53. The summed E-state index contributed by atoms with van der Waals surface area (Å²) in [6.07, 6.45) is 1.89. The first-order valence-electron chi connectivity index (χ1n) is 16.9. The van der Waals surface area contributed by atoms with E-state index >= 15 is 4.39 Å². The number of hydrogen-bond donors (Lipinski definition) is 2. The van der Waals surface area contributed by atoms with E-state index in [0.717, 1.165) is 21.7 Å². The molecule has 54 heavy (non-hydrogen) atoms. The standard InChI is InChI=1S/C36H32F4N12O2/c1-34(2,18-52-29(27-16-42-48-46-27)11-30(47-52)36(38,39)40)45-33(54)35(12-25(35)21-15-43-49(3)17-21)51-8-7-23-22(5-6-26(37)31(23)32(51)53)24-10-28-20(9-19(24)13-41)14-44-50(28)4/h5-6,9-11,14-17,25H,7-8,12,18H2,1-4H3,(H,45,54)(H,42,46,48). The lowest BCUT2D eigenvalue weighted by atomic mass is 9.86. The number of aromatic amines is 1. The van der Waals surface area contributed by atoms with Gasteiger partial charge in [-0.2, -0.15) is 49.1 Å². The molecule has 0 spiro atoms. The van der Waals surface area contributed by atoms with Crippen LogP contribution in [0.1, 0.15) is 58.9 Å². The molecule has 1 aliphatic heterocycles. The van der Waals surface area contributed by atoms with Crippen LogP contribution in [0.4, 0.5) is 17.6 Å². The van der Waals surface area contributed by atoms with E-state index in [2.05, 4.69) is 42.1 Å². The molecule has 2 aliphatic rings. The summed E-state index contributed by atoms with van der Waals surface area (Å²) in [7, 11) is 3.49. The Morgan fingerprint density at radius 2 is 1.91 bits per heavy atom. The minimum absolute atomic E-state index is 0.0314. The van der Waals surface area contributed by atoms with E-state index < -0.39 is 46.5 Å². The van der Waals surface area contributed by atoms with E-state index in [1.807, 2.05) is 0 Å². The number of halogens is 4. The first-order valence-corrected chi connectivity index (χ1v) is 16.9. The number of aromatic nitrogens is 9. The molecule has 1 aliphatic carbocycles. The third kappa shape index (κ3) is 5.58. The SMILES string of the molecule is Cn1cc(C2CC2(C(=O)NC(C)(C)Cn2nc(C(F)(F)F)cc2-c2cn[nH]n2)N2CCc3c(-c4cc5c(cnn5C)cc4C#N)ccc(F)c3C2=O)cn1. The number of aryl methyl sites for hydroxylation is 2. The average molecular weight is 741 g/mol. The van der Waals surface area contributed by atoms with Crippen LogP contribution in [0.15, 0.2) is 55.1 Å². The molecular formula is C36H32F4N12O2. The fourth-order valence-corrected chi connectivity index (χ4v) is 7.69. The maximum Gasteiger partial charge on any atom is 0.435 e. The first-order chi connectivity index (χ1) is 25.6. The molecule has 6 aromatic rings. The fourth-order valence-electron chi connectivity index (χ4n) is 7.69. The highest BCUT2D eigenvalue weighted by Gasteiger charge is 2.67. The molecule has 2 amide bonds. The average Bonchev–Trinajstić information content (AvgIpc) is 3.62. The molecule has 2 N–H and O–H groups in total. The Morgan fingerprint density at radius 3 is 2.59 bits per heavy atom. The molecule has 0 radical (unpaired) electrons. The van der Waals surface area contributed by atoms with Crippen LogP contribution in [0.5, 0.6) is 0 Å². The molecule has 2 aromatic carbocycles. The van der Waals surface area contributed by atoms with Gasteiger partial charge in [-0.05, 0) is 67.6 Å². The van der Waals surface area contributed by atoms with E-state index in [0.29, 0.717) is 27.8 Å². The number of alkyl halides is 3. The van der Waals surface area contributed by atoms with Crippen molar-refractivity contribution in [2.24, 2.45) is 14.1 Å². The number of hydrogen-bond acceptors (Lipinski definition) is 8. The quantitative estimate of drug-likeness (QED) is 0.215. The predicted octanol–water partition coefficient (Wildman–Crippen LogP) is 4.50. The second kappa shape index (κ2) is 12.1. The van der Waals surface area contributed by atoms with E-state index in [-0.39, 0.29) is 42.9 Å². The molecule has 2 atom stereocenters. The highest BCUT2D eigenvalue weighted by molar-refractivity contribution is 6.05. The van der Waals surface area contributed by atoms with Gasteiger partial charge < -0.3 is 10.2 Å². The number of fused-ring (bicyclic) bond motifs is 2. The molecule has 2 unspecified atom stereocenters. The van der Waals surface area contributed by atoms with Gasteiger partial charge in [0, 0.05) is 43.7 Å². The first kappa shape index (κ1) is 34.7. The Labute approximate surface area is 304 Å². The number of nitriles is 1. The number of amides is 2. The third-order valence-corrected chi connectivity index (χ3v) is 10.3. The molecule has 276 valence electrons. The van der Waals surface area contributed by atoms with Gasteiger partial charge in [0.2, 0.25) is 5.91 Å². The predicted molar refractivity (Wildman–Crippen MR) is 184 cm³/mol. The molecule has 1 saturated carbocycles. The Morgan fingerprint density at radius 1 is 1.11 bits per heavy atom. The monoisotopic (exact) mass is 740 g/mol. The number of benzene rings is 2. The van der Waals surface area contributed by atoms with Crippen molar-refractivity contribution in [3.8, 4) is 28.6 Å². The van der Waals surface area contributed by atoms with Gasteiger partial charge in [0.25, 0.3) is 5.91 Å². The smallest absolute Gasteiger partial charge is 0.347 e. The van der Waals surface area contributed by atoms with Crippen molar-refractivity contribution in [2.75, 3.05) is 6.54 Å². The maximum absolute atomic E-state index is 15.9. The second-order valence-corrected chi connectivity index (χ2v) is 14.4. The van der Waals surface area contributed by atoms with E-state index in [1.165, 1.54) is 17.2 Å². The lowest BCUT2D eigenvalue weighted by molar-refractivity contribution is -0.141. The van der Waals surface area contributed by atoms with E-state index in [4.69, 9.17) is 0 Å². The summed E-state index contributed by atoms with van der Waals surface area (Å²) < 4.78 is 61.5. The van der Waals surface area contributed by atoms with Crippen molar-refractivity contribution in [3.63, 3.8) is 0 Å². The zero-order valence-electron chi connectivity index (χ0n) is 29.4. The summed E-state index contributed by atoms with van der Waals surface area (Å²) in [5.41, 5.74) is -0.618. The lowest BCUT2D eigenvalue weighted by Gasteiger charge is -2.38. The van der Waals surface area contributed by atoms with Gasteiger partial charge in [0.1, 0.15) is 17.1 Å². The van der Waals surface area contributed by atoms with E-state index in [9.17, 15) is 28.0 Å². The Kier molecular flexibility index (Phi) is 7.76. The van der Waals surface area contributed by atoms with E-state index in [1.54, 1.807) is 74.1 Å². The summed E-state index contributed by atoms with van der Waals surface area (Å²) in [4.78, 5) is 30.6. The van der Waals surface area contributed by atoms with Crippen molar-refractivity contribution in [1.29, 1.82) is 5.26 Å². The minimum Gasteiger partial charge on any atom is -0.347 e. The summed E-state index contributed by atoms with van der Waals surface area (Å²) in [5, 5.41) is 36.1. The van der Waals surface area contributed by atoms with Crippen LogP contribution in [0.25, 0.3) is 33.4 Å². The Bertz CT molecular complexity index is 2520.